The molecule has 0 aliphatic carbocycles. The van der Waals surface area contributed by atoms with Crippen molar-refractivity contribution in [3.8, 4) is 0 Å². The third kappa shape index (κ3) is 2.19. The van der Waals surface area contributed by atoms with Crippen molar-refractivity contribution >= 4 is 22.5 Å². The largest absolute Gasteiger partial charge is 0.337 e. The zero-order valence-electron chi connectivity index (χ0n) is 13.8. The van der Waals surface area contributed by atoms with Gasteiger partial charge >= 0.3 is 0 Å². The summed E-state index contributed by atoms with van der Waals surface area (Å²) < 4.78 is 1.65. The second-order valence-electron chi connectivity index (χ2n) is 7.20. The molecule has 1 amide bonds. The van der Waals surface area contributed by atoms with Crippen LogP contribution in [-0.2, 0) is 0 Å². The maximum absolute atomic E-state index is 12.9. The van der Waals surface area contributed by atoms with Crippen LogP contribution in [-0.4, -0.2) is 51.6 Å². The number of hydrogen-bond acceptors (Lipinski definition) is 4. The highest BCUT2D eigenvalue weighted by Crippen LogP contribution is 2.36. The summed E-state index contributed by atoms with van der Waals surface area (Å²) in [5.41, 5.74) is 1.70. The number of aromatic nitrogens is 3. The van der Waals surface area contributed by atoms with Gasteiger partial charge < -0.3 is 15.2 Å². The second-order valence-corrected chi connectivity index (χ2v) is 7.20. The molecule has 4 heterocycles. The monoisotopic (exact) mass is 337 g/mol. The summed E-state index contributed by atoms with van der Waals surface area (Å²) >= 11 is 0. The number of fused-ring (bicyclic) bond motifs is 3. The number of para-hydroxylation sites is 1. The summed E-state index contributed by atoms with van der Waals surface area (Å²) in [5, 5.41) is 8.45. The fraction of sp³-hybridized carbons (Fsp3) is 0.389. The third-order valence-corrected chi connectivity index (χ3v) is 5.60. The first-order valence-electron chi connectivity index (χ1n) is 8.66. The minimum Gasteiger partial charge on any atom is -0.337 e. The molecule has 1 atom stereocenters. The van der Waals surface area contributed by atoms with Crippen LogP contribution in [0.2, 0.25) is 0 Å². The van der Waals surface area contributed by atoms with Crippen LogP contribution in [0.4, 0.5) is 0 Å². The van der Waals surface area contributed by atoms with Gasteiger partial charge in [-0.2, -0.15) is 5.10 Å². The molecular weight excluding hydrogens is 318 g/mol. The molecule has 25 heavy (non-hydrogen) atoms. The highest BCUT2D eigenvalue weighted by Gasteiger charge is 2.42. The lowest BCUT2D eigenvalue weighted by molar-refractivity contribution is 0.0769. The Morgan fingerprint density at radius 2 is 2.12 bits per heavy atom. The zero-order valence-corrected chi connectivity index (χ0v) is 13.8. The van der Waals surface area contributed by atoms with Gasteiger partial charge in [0.25, 0.3) is 11.5 Å². The van der Waals surface area contributed by atoms with Crippen molar-refractivity contribution < 1.29 is 4.79 Å². The number of H-pyrrole nitrogens is 1. The molecule has 7 nitrogen and oxygen atoms in total. The molecule has 2 saturated heterocycles. The van der Waals surface area contributed by atoms with Crippen LogP contribution in [0.5, 0.6) is 0 Å². The van der Waals surface area contributed by atoms with E-state index in [-0.39, 0.29) is 16.9 Å². The molecule has 0 bridgehead atoms. The van der Waals surface area contributed by atoms with Crippen LogP contribution in [0.15, 0.2) is 35.1 Å². The van der Waals surface area contributed by atoms with E-state index in [1.54, 1.807) is 16.6 Å². The third-order valence-electron chi connectivity index (χ3n) is 5.60. The smallest absolute Gasteiger partial charge is 0.274 e. The van der Waals surface area contributed by atoms with Crippen molar-refractivity contribution in [3.63, 3.8) is 0 Å². The molecule has 2 fully saturated rings. The number of hydrogen-bond donors (Lipinski definition) is 2. The van der Waals surface area contributed by atoms with E-state index in [9.17, 15) is 9.59 Å². The van der Waals surface area contributed by atoms with Gasteiger partial charge in [0.05, 0.1) is 10.9 Å². The van der Waals surface area contributed by atoms with E-state index in [1.807, 2.05) is 23.1 Å². The summed E-state index contributed by atoms with van der Waals surface area (Å²) in [5.74, 6) is -0.0580. The molecule has 1 unspecified atom stereocenters. The maximum Gasteiger partial charge on any atom is 0.274 e. The minimum absolute atomic E-state index is 0.0580. The van der Waals surface area contributed by atoms with Gasteiger partial charge in [-0.05, 0) is 31.5 Å². The van der Waals surface area contributed by atoms with Crippen molar-refractivity contribution in [1.82, 2.24) is 24.8 Å². The average Bonchev–Trinajstić information content (AvgIpc) is 3.36. The Balaban J connectivity index is 1.54. The van der Waals surface area contributed by atoms with Crippen LogP contribution < -0.4 is 10.9 Å². The minimum atomic E-state index is -0.167. The number of carbonyl (C=O) groups excluding carboxylic acids is 1. The van der Waals surface area contributed by atoms with Gasteiger partial charge in [-0.1, -0.05) is 12.1 Å². The molecule has 1 spiro atoms. The Morgan fingerprint density at radius 3 is 2.96 bits per heavy atom. The van der Waals surface area contributed by atoms with E-state index >= 15 is 0 Å². The van der Waals surface area contributed by atoms with Crippen molar-refractivity contribution in [2.75, 3.05) is 26.2 Å². The van der Waals surface area contributed by atoms with Crippen molar-refractivity contribution in [2.24, 2.45) is 5.41 Å². The molecule has 0 radical (unpaired) electrons. The van der Waals surface area contributed by atoms with Gasteiger partial charge in [0.2, 0.25) is 0 Å². The van der Waals surface area contributed by atoms with Crippen LogP contribution in [0.3, 0.4) is 0 Å². The number of nitrogens with one attached hydrogen (secondary N) is 2. The first-order valence-corrected chi connectivity index (χ1v) is 8.66. The fourth-order valence-corrected chi connectivity index (χ4v) is 4.21. The molecule has 7 heteroatoms. The number of carbonyl (C=O) groups is 1. The molecular formula is C18H19N5O2. The standard InChI is InChI=1S/C18H19N5O2/c24-16-12-3-1-2-4-14(12)23-15(20-16)9-13(21-23)17(25)22-8-6-18(11-22)5-7-19-10-18/h1-4,9,19H,5-8,10-11H2,(H,20,24). The lowest BCUT2D eigenvalue weighted by Crippen LogP contribution is -2.33. The predicted molar refractivity (Wildman–Crippen MR) is 93.8 cm³/mol. The normalized spacial score (nSPS) is 23.3. The van der Waals surface area contributed by atoms with Gasteiger partial charge in [-0.25, -0.2) is 4.52 Å². The first kappa shape index (κ1) is 14.7. The summed E-state index contributed by atoms with van der Waals surface area (Å²) in [6.07, 6.45) is 2.17. The maximum atomic E-state index is 12.9. The summed E-state index contributed by atoms with van der Waals surface area (Å²) in [6, 6.07) is 8.95. The summed E-state index contributed by atoms with van der Waals surface area (Å²) in [4.78, 5) is 29.8. The van der Waals surface area contributed by atoms with Gasteiger partial charge in [0.1, 0.15) is 5.65 Å². The van der Waals surface area contributed by atoms with E-state index in [2.05, 4.69) is 15.4 Å². The second kappa shape index (κ2) is 5.16. The molecule has 128 valence electrons. The molecule has 2 aliphatic rings. The van der Waals surface area contributed by atoms with Crippen LogP contribution in [0.25, 0.3) is 16.6 Å². The van der Waals surface area contributed by atoms with Gasteiger partial charge in [-0.15, -0.1) is 0 Å². The van der Waals surface area contributed by atoms with E-state index in [1.165, 1.54) is 0 Å². The predicted octanol–water partition coefficient (Wildman–Crippen LogP) is 1.00. The average molecular weight is 337 g/mol. The molecule has 2 N–H and O–H groups in total. The lowest BCUT2D eigenvalue weighted by atomic mass is 9.87. The topological polar surface area (TPSA) is 82.5 Å². The molecule has 1 aromatic carbocycles. The van der Waals surface area contributed by atoms with Crippen molar-refractivity contribution in [3.05, 3.63) is 46.4 Å². The van der Waals surface area contributed by atoms with Crippen LogP contribution in [0, 0.1) is 5.41 Å². The lowest BCUT2D eigenvalue weighted by Gasteiger charge is -2.22. The number of benzene rings is 1. The Bertz CT molecular complexity index is 1040. The number of likely N-dealkylation sites (tertiary alicyclic amines) is 1. The number of nitrogens with zero attached hydrogens (tertiary/aromatic N) is 3. The van der Waals surface area contributed by atoms with E-state index in [0.717, 1.165) is 39.0 Å². The fourth-order valence-electron chi connectivity index (χ4n) is 4.21. The highest BCUT2D eigenvalue weighted by atomic mass is 16.2. The number of rotatable bonds is 1. The Hall–Kier alpha value is -2.67. The quantitative estimate of drug-likeness (QED) is 0.694. The molecule has 2 aromatic heterocycles. The van der Waals surface area contributed by atoms with Crippen LogP contribution in [0.1, 0.15) is 23.3 Å². The van der Waals surface area contributed by atoms with Crippen molar-refractivity contribution in [1.29, 1.82) is 0 Å². The Labute approximate surface area is 143 Å². The molecule has 2 aliphatic heterocycles. The van der Waals surface area contributed by atoms with Crippen LogP contribution >= 0.6 is 0 Å². The summed E-state index contributed by atoms with van der Waals surface area (Å²) in [7, 11) is 0. The number of aromatic amines is 1. The zero-order chi connectivity index (χ0) is 17.0. The highest BCUT2D eigenvalue weighted by molar-refractivity contribution is 5.94. The van der Waals surface area contributed by atoms with E-state index < -0.39 is 0 Å². The van der Waals surface area contributed by atoms with E-state index in [0.29, 0.717) is 22.2 Å². The van der Waals surface area contributed by atoms with E-state index in [4.69, 9.17) is 0 Å². The SMILES string of the molecule is O=C(c1cc2[nH]c(=O)c3ccccc3n2n1)N1CCC2(CCNC2)C1. The van der Waals surface area contributed by atoms with Gasteiger partial charge in [0.15, 0.2) is 5.69 Å². The molecule has 3 aromatic rings. The first-order chi connectivity index (χ1) is 12.2. The summed E-state index contributed by atoms with van der Waals surface area (Å²) in [6.45, 7) is 3.57. The Morgan fingerprint density at radius 1 is 1.24 bits per heavy atom. The van der Waals surface area contributed by atoms with Crippen molar-refractivity contribution in [2.45, 2.75) is 12.8 Å². The number of amides is 1. The molecule has 0 saturated carbocycles. The van der Waals surface area contributed by atoms with Gasteiger partial charge in [-0.3, -0.25) is 9.59 Å². The van der Waals surface area contributed by atoms with Gasteiger partial charge in [0, 0.05) is 31.1 Å². The Kier molecular flexibility index (Phi) is 3.03. The molecule has 5 rings (SSSR count).